The molecule has 0 aliphatic rings. The van der Waals surface area contributed by atoms with Gasteiger partial charge in [0.15, 0.2) is 0 Å². The van der Waals surface area contributed by atoms with Crippen LogP contribution < -0.4 is 9.47 Å². The number of aryl methyl sites for hydroxylation is 1. The fraction of sp³-hybridized carbons (Fsp3) is 0.160. The van der Waals surface area contributed by atoms with Gasteiger partial charge in [-0.25, -0.2) is 4.68 Å². The first-order valence-electron chi connectivity index (χ1n) is 9.63. The summed E-state index contributed by atoms with van der Waals surface area (Å²) in [4.78, 5) is 0. The lowest BCUT2D eigenvalue weighted by Crippen LogP contribution is -2.00. The van der Waals surface area contributed by atoms with Gasteiger partial charge in [0.05, 0.1) is 18.5 Å². The number of benzene rings is 3. The molecule has 29 heavy (non-hydrogen) atoms. The Balaban J connectivity index is 1.55. The molecular formula is C25H24N2O2. The summed E-state index contributed by atoms with van der Waals surface area (Å²) in [6.07, 6.45) is 0. The zero-order chi connectivity index (χ0) is 20.2. The predicted octanol–water partition coefficient (Wildman–Crippen LogP) is 5.74. The first-order valence-corrected chi connectivity index (χ1v) is 9.63. The van der Waals surface area contributed by atoms with E-state index in [0.717, 1.165) is 45.3 Å². The summed E-state index contributed by atoms with van der Waals surface area (Å²) in [6, 6.07) is 26.3. The monoisotopic (exact) mass is 384 g/mol. The van der Waals surface area contributed by atoms with Crippen LogP contribution in [0.4, 0.5) is 0 Å². The summed E-state index contributed by atoms with van der Waals surface area (Å²) in [5.41, 5.74) is 6.55. The SMILES string of the molecule is COc1ccc(-c2c(C)nn(-c3ccc(OCc4ccccc4)cc3)c2C)cc1. The van der Waals surface area contributed by atoms with Crippen molar-refractivity contribution in [3.8, 4) is 28.3 Å². The third kappa shape index (κ3) is 4.02. The molecule has 4 heteroatoms. The molecule has 0 aliphatic heterocycles. The fourth-order valence-electron chi connectivity index (χ4n) is 3.49. The van der Waals surface area contributed by atoms with Crippen molar-refractivity contribution in [3.63, 3.8) is 0 Å². The Bertz CT molecular complexity index is 1080. The normalized spacial score (nSPS) is 10.7. The third-order valence-corrected chi connectivity index (χ3v) is 5.00. The van der Waals surface area contributed by atoms with Crippen LogP contribution in [0.3, 0.4) is 0 Å². The smallest absolute Gasteiger partial charge is 0.119 e. The molecule has 1 aromatic heterocycles. The Morgan fingerprint density at radius 3 is 2.10 bits per heavy atom. The molecule has 0 saturated carbocycles. The van der Waals surface area contributed by atoms with Crippen molar-refractivity contribution >= 4 is 0 Å². The lowest BCUT2D eigenvalue weighted by atomic mass is 10.0. The largest absolute Gasteiger partial charge is 0.497 e. The van der Waals surface area contributed by atoms with Crippen molar-refractivity contribution in [1.82, 2.24) is 9.78 Å². The second-order valence-corrected chi connectivity index (χ2v) is 6.95. The summed E-state index contributed by atoms with van der Waals surface area (Å²) in [5.74, 6) is 1.69. The topological polar surface area (TPSA) is 36.3 Å². The minimum Gasteiger partial charge on any atom is -0.497 e. The highest BCUT2D eigenvalue weighted by atomic mass is 16.5. The van der Waals surface area contributed by atoms with Crippen molar-refractivity contribution < 1.29 is 9.47 Å². The van der Waals surface area contributed by atoms with Crippen molar-refractivity contribution in [2.45, 2.75) is 20.5 Å². The van der Waals surface area contributed by atoms with Gasteiger partial charge in [0.25, 0.3) is 0 Å². The second-order valence-electron chi connectivity index (χ2n) is 6.95. The van der Waals surface area contributed by atoms with E-state index >= 15 is 0 Å². The molecule has 0 amide bonds. The van der Waals surface area contributed by atoms with Crippen molar-refractivity contribution in [2.75, 3.05) is 7.11 Å². The fourth-order valence-corrected chi connectivity index (χ4v) is 3.49. The molecule has 0 radical (unpaired) electrons. The van der Waals surface area contributed by atoms with Crippen LogP contribution in [0, 0.1) is 13.8 Å². The molecule has 0 N–H and O–H groups in total. The Kier molecular flexibility index (Phi) is 5.34. The van der Waals surface area contributed by atoms with Gasteiger partial charge in [-0.2, -0.15) is 5.10 Å². The van der Waals surface area contributed by atoms with E-state index in [1.165, 1.54) is 0 Å². The Hall–Kier alpha value is -3.53. The van der Waals surface area contributed by atoms with E-state index in [9.17, 15) is 0 Å². The summed E-state index contributed by atoms with van der Waals surface area (Å²) in [7, 11) is 1.68. The summed E-state index contributed by atoms with van der Waals surface area (Å²) >= 11 is 0. The van der Waals surface area contributed by atoms with Gasteiger partial charge in [0, 0.05) is 11.3 Å². The molecule has 0 saturated heterocycles. The molecule has 1 heterocycles. The van der Waals surface area contributed by atoms with Gasteiger partial charge < -0.3 is 9.47 Å². The number of ether oxygens (including phenoxy) is 2. The quantitative estimate of drug-likeness (QED) is 0.425. The van der Waals surface area contributed by atoms with Gasteiger partial charge in [-0.3, -0.25) is 0 Å². The Labute approximate surface area is 171 Å². The molecule has 4 rings (SSSR count). The first kappa shape index (κ1) is 18.8. The van der Waals surface area contributed by atoms with Crippen LogP contribution in [0.2, 0.25) is 0 Å². The minimum absolute atomic E-state index is 0.557. The molecule has 0 atom stereocenters. The van der Waals surface area contributed by atoms with Crippen molar-refractivity contribution in [3.05, 3.63) is 95.8 Å². The highest BCUT2D eigenvalue weighted by Gasteiger charge is 2.14. The van der Waals surface area contributed by atoms with Crippen LogP contribution in [0.1, 0.15) is 17.0 Å². The maximum Gasteiger partial charge on any atom is 0.119 e. The highest BCUT2D eigenvalue weighted by molar-refractivity contribution is 5.70. The van der Waals surface area contributed by atoms with Crippen LogP contribution in [0.5, 0.6) is 11.5 Å². The lowest BCUT2D eigenvalue weighted by molar-refractivity contribution is 0.306. The molecule has 0 spiro atoms. The first-order chi connectivity index (χ1) is 14.2. The minimum atomic E-state index is 0.557. The molecule has 0 aliphatic carbocycles. The maximum atomic E-state index is 5.89. The Morgan fingerprint density at radius 1 is 0.793 bits per heavy atom. The molecule has 0 unspecified atom stereocenters. The standard InChI is InChI=1S/C25H24N2O2/c1-18-25(21-9-13-23(28-3)14-10-21)19(2)27(26-18)22-11-15-24(16-12-22)29-17-20-7-5-4-6-8-20/h4-16H,17H2,1-3H3. The van der Waals surface area contributed by atoms with E-state index < -0.39 is 0 Å². The molecule has 4 nitrogen and oxygen atoms in total. The summed E-state index contributed by atoms with van der Waals surface area (Å²) in [5, 5.41) is 4.77. The summed E-state index contributed by atoms with van der Waals surface area (Å²) < 4.78 is 13.1. The van der Waals surface area contributed by atoms with Gasteiger partial charge >= 0.3 is 0 Å². The lowest BCUT2D eigenvalue weighted by Gasteiger charge is -2.09. The average molecular weight is 384 g/mol. The molecule has 4 aromatic rings. The highest BCUT2D eigenvalue weighted by Crippen LogP contribution is 2.30. The zero-order valence-corrected chi connectivity index (χ0v) is 16.9. The zero-order valence-electron chi connectivity index (χ0n) is 16.9. The Morgan fingerprint density at radius 2 is 1.45 bits per heavy atom. The van der Waals surface area contributed by atoms with Crippen molar-refractivity contribution in [1.29, 1.82) is 0 Å². The molecule has 0 fully saturated rings. The van der Waals surface area contributed by atoms with Gasteiger partial charge in [-0.15, -0.1) is 0 Å². The number of nitrogens with zero attached hydrogens (tertiary/aromatic N) is 2. The molecule has 3 aromatic carbocycles. The van der Waals surface area contributed by atoms with E-state index in [0.29, 0.717) is 6.61 Å². The molecule has 0 bridgehead atoms. The van der Waals surface area contributed by atoms with E-state index in [1.807, 2.05) is 66.2 Å². The average Bonchev–Trinajstić information content (AvgIpc) is 3.07. The van der Waals surface area contributed by atoms with Gasteiger partial charge in [0.1, 0.15) is 18.1 Å². The maximum absolute atomic E-state index is 5.89. The number of hydrogen-bond donors (Lipinski definition) is 0. The van der Waals surface area contributed by atoms with E-state index in [4.69, 9.17) is 14.6 Å². The van der Waals surface area contributed by atoms with Gasteiger partial charge in [0.2, 0.25) is 0 Å². The number of methoxy groups -OCH3 is 1. The number of aromatic nitrogens is 2. The molecular weight excluding hydrogens is 360 g/mol. The van der Waals surface area contributed by atoms with Crippen LogP contribution >= 0.6 is 0 Å². The number of rotatable bonds is 6. The third-order valence-electron chi connectivity index (χ3n) is 5.00. The van der Waals surface area contributed by atoms with Gasteiger partial charge in [-0.1, -0.05) is 42.5 Å². The van der Waals surface area contributed by atoms with Crippen LogP contribution in [0.25, 0.3) is 16.8 Å². The van der Waals surface area contributed by atoms with Crippen LogP contribution in [-0.4, -0.2) is 16.9 Å². The predicted molar refractivity (Wildman–Crippen MR) is 116 cm³/mol. The second kappa shape index (κ2) is 8.23. The number of hydrogen-bond acceptors (Lipinski definition) is 3. The summed E-state index contributed by atoms with van der Waals surface area (Å²) in [6.45, 7) is 4.70. The van der Waals surface area contributed by atoms with Crippen LogP contribution in [-0.2, 0) is 6.61 Å². The van der Waals surface area contributed by atoms with Crippen molar-refractivity contribution in [2.24, 2.45) is 0 Å². The van der Waals surface area contributed by atoms with Gasteiger partial charge in [-0.05, 0) is 61.4 Å². The molecule has 146 valence electrons. The van der Waals surface area contributed by atoms with Crippen LogP contribution in [0.15, 0.2) is 78.9 Å². The van der Waals surface area contributed by atoms with E-state index in [1.54, 1.807) is 7.11 Å². The van der Waals surface area contributed by atoms with E-state index in [-0.39, 0.29) is 0 Å². The van der Waals surface area contributed by atoms with E-state index in [2.05, 4.69) is 31.2 Å².